The van der Waals surface area contributed by atoms with Gasteiger partial charge in [-0.25, -0.2) is 0 Å². The van der Waals surface area contributed by atoms with Crippen LogP contribution in [-0.4, -0.2) is 54.0 Å². The smallest absolute Gasteiger partial charge is 0.292 e. The molecule has 3 fully saturated rings. The normalized spacial score (nSPS) is 22.8. The van der Waals surface area contributed by atoms with Gasteiger partial charge < -0.3 is 10.2 Å². The molecule has 1 aliphatic carbocycles. The third-order valence-electron chi connectivity index (χ3n) is 7.69. The molecular weight excluding hydrogens is 392 g/mol. The first-order valence-corrected chi connectivity index (χ1v) is 12.1. The van der Waals surface area contributed by atoms with Crippen LogP contribution in [-0.2, 0) is 4.79 Å². The van der Waals surface area contributed by atoms with Crippen molar-refractivity contribution in [2.24, 2.45) is 5.92 Å². The third kappa shape index (κ3) is 5.03. The van der Waals surface area contributed by atoms with Gasteiger partial charge in [-0.2, -0.15) is 0 Å². The maximum Gasteiger partial charge on any atom is 0.292 e. The first-order chi connectivity index (χ1) is 15.1. The number of benzene rings is 1. The van der Waals surface area contributed by atoms with Crippen LogP contribution in [0.25, 0.3) is 0 Å². The number of hydrogen-bond donors (Lipinski definition) is 1. The maximum absolute atomic E-state index is 13.0. The molecule has 0 bridgehead atoms. The Hall–Kier alpha value is -2.15. The van der Waals surface area contributed by atoms with Gasteiger partial charge in [0.1, 0.15) is 5.69 Å². The highest BCUT2D eigenvalue weighted by atomic mass is 16.6. The minimum Gasteiger partial charge on any atom is -0.366 e. The van der Waals surface area contributed by atoms with Gasteiger partial charge >= 0.3 is 0 Å². The number of anilines is 1. The number of carbonyl (C=O) groups is 1. The van der Waals surface area contributed by atoms with Crippen LogP contribution < -0.4 is 10.2 Å². The number of nitro groups is 1. The summed E-state index contributed by atoms with van der Waals surface area (Å²) in [7, 11) is 0. The van der Waals surface area contributed by atoms with Crippen molar-refractivity contribution in [1.82, 2.24) is 10.2 Å². The molecule has 7 nitrogen and oxygen atoms in total. The predicted molar refractivity (Wildman–Crippen MR) is 122 cm³/mol. The first-order valence-electron chi connectivity index (χ1n) is 12.1. The molecular formula is C24H36N4O3. The molecule has 1 amide bonds. The van der Waals surface area contributed by atoms with E-state index in [1.165, 1.54) is 64.5 Å². The molecule has 4 rings (SSSR count). The Morgan fingerprint density at radius 3 is 2.32 bits per heavy atom. The predicted octanol–water partition coefficient (Wildman–Crippen LogP) is 4.12. The highest BCUT2D eigenvalue weighted by molar-refractivity contribution is 5.79. The van der Waals surface area contributed by atoms with E-state index in [0.717, 1.165) is 19.4 Å². The molecule has 0 unspecified atom stereocenters. The lowest BCUT2D eigenvalue weighted by molar-refractivity contribution is -0.384. The standard InChI is InChI=1S/C24H36N4O3/c29-23(25-19-24(13-5-1-6-14-24)27-15-7-2-8-16-27)20-11-17-26(18-12-20)21-9-3-4-10-22(21)28(30)31/h3-4,9-10,20H,1-2,5-8,11-19H2,(H,25,29). The van der Waals surface area contributed by atoms with Gasteiger partial charge in [0.15, 0.2) is 0 Å². The number of nitrogens with zero attached hydrogens (tertiary/aromatic N) is 3. The number of nitro benzene ring substituents is 1. The molecule has 0 spiro atoms. The SMILES string of the molecule is O=C(NCC1(N2CCCCC2)CCCCC1)C1CCN(c2ccccc2[N+](=O)[O-])CC1. The highest BCUT2D eigenvalue weighted by Gasteiger charge is 2.39. The number of para-hydroxylation sites is 2. The van der Waals surface area contributed by atoms with Gasteiger partial charge in [-0.1, -0.05) is 37.8 Å². The summed E-state index contributed by atoms with van der Waals surface area (Å²) in [4.78, 5) is 28.8. The Labute approximate surface area is 185 Å². The Bertz CT molecular complexity index is 764. The van der Waals surface area contributed by atoms with Crippen molar-refractivity contribution in [2.75, 3.05) is 37.6 Å². The molecule has 1 aromatic rings. The third-order valence-corrected chi connectivity index (χ3v) is 7.69. The van der Waals surface area contributed by atoms with Crippen LogP contribution >= 0.6 is 0 Å². The van der Waals surface area contributed by atoms with Crippen LogP contribution in [0.5, 0.6) is 0 Å². The Balaban J connectivity index is 1.33. The fourth-order valence-electron chi connectivity index (χ4n) is 5.85. The van der Waals surface area contributed by atoms with Gasteiger partial charge in [0.25, 0.3) is 5.69 Å². The van der Waals surface area contributed by atoms with Gasteiger partial charge in [-0.15, -0.1) is 0 Å². The zero-order valence-electron chi connectivity index (χ0n) is 18.6. The van der Waals surface area contributed by atoms with E-state index in [0.29, 0.717) is 18.8 Å². The summed E-state index contributed by atoms with van der Waals surface area (Å²) in [5.74, 6) is 0.171. The number of amides is 1. The van der Waals surface area contributed by atoms with Crippen molar-refractivity contribution < 1.29 is 9.72 Å². The first kappa shape index (κ1) is 22.1. The molecule has 3 aliphatic rings. The van der Waals surface area contributed by atoms with Crippen LogP contribution in [0.2, 0.25) is 0 Å². The Kier molecular flexibility index (Phi) is 7.10. The minimum absolute atomic E-state index is 0.000940. The largest absolute Gasteiger partial charge is 0.366 e. The highest BCUT2D eigenvalue weighted by Crippen LogP contribution is 2.36. The number of nitrogens with one attached hydrogen (secondary N) is 1. The van der Waals surface area contributed by atoms with Gasteiger partial charge in [0, 0.05) is 37.2 Å². The van der Waals surface area contributed by atoms with E-state index >= 15 is 0 Å². The molecule has 0 atom stereocenters. The number of rotatable bonds is 6. The van der Waals surface area contributed by atoms with E-state index in [4.69, 9.17) is 0 Å². The van der Waals surface area contributed by atoms with Crippen molar-refractivity contribution >= 4 is 17.3 Å². The van der Waals surface area contributed by atoms with E-state index in [1.54, 1.807) is 12.1 Å². The Morgan fingerprint density at radius 2 is 1.65 bits per heavy atom. The molecule has 170 valence electrons. The molecule has 31 heavy (non-hydrogen) atoms. The molecule has 1 saturated carbocycles. The number of likely N-dealkylation sites (tertiary alicyclic amines) is 1. The van der Waals surface area contributed by atoms with Gasteiger partial charge in [0.2, 0.25) is 5.91 Å². The van der Waals surface area contributed by atoms with Gasteiger partial charge in [-0.05, 0) is 57.7 Å². The second-order valence-corrected chi connectivity index (χ2v) is 9.56. The topological polar surface area (TPSA) is 78.7 Å². The van der Waals surface area contributed by atoms with E-state index in [1.807, 2.05) is 12.1 Å². The fourth-order valence-corrected chi connectivity index (χ4v) is 5.85. The van der Waals surface area contributed by atoms with Crippen LogP contribution in [0.1, 0.15) is 64.2 Å². The van der Waals surface area contributed by atoms with E-state index in [9.17, 15) is 14.9 Å². The zero-order valence-corrected chi connectivity index (χ0v) is 18.6. The number of piperidine rings is 2. The van der Waals surface area contributed by atoms with E-state index in [-0.39, 0.29) is 28.0 Å². The van der Waals surface area contributed by atoms with Crippen LogP contribution in [0.15, 0.2) is 24.3 Å². The second-order valence-electron chi connectivity index (χ2n) is 9.56. The fraction of sp³-hybridized carbons (Fsp3) is 0.708. The van der Waals surface area contributed by atoms with Gasteiger partial charge in [0.05, 0.1) is 4.92 Å². The van der Waals surface area contributed by atoms with Gasteiger partial charge in [-0.3, -0.25) is 19.8 Å². The van der Waals surface area contributed by atoms with Crippen molar-refractivity contribution in [3.63, 3.8) is 0 Å². The lowest BCUT2D eigenvalue weighted by atomic mass is 9.79. The average Bonchev–Trinajstić information content (AvgIpc) is 2.84. The summed E-state index contributed by atoms with van der Waals surface area (Å²) in [5.41, 5.74) is 0.962. The summed E-state index contributed by atoms with van der Waals surface area (Å²) in [5, 5.41) is 14.7. The van der Waals surface area contributed by atoms with E-state index in [2.05, 4.69) is 15.1 Å². The summed E-state index contributed by atoms with van der Waals surface area (Å²) in [6.07, 6.45) is 11.6. The number of carbonyl (C=O) groups excluding carboxylic acids is 1. The van der Waals surface area contributed by atoms with Crippen molar-refractivity contribution in [2.45, 2.75) is 69.7 Å². The maximum atomic E-state index is 13.0. The van der Waals surface area contributed by atoms with Crippen molar-refractivity contribution in [3.8, 4) is 0 Å². The average molecular weight is 429 g/mol. The number of hydrogen-bond acceptors (Lipinski definition) is 5. The van der Waals surface area contributed by atoms with Crippen molar-refractivity contribution in [1.29, 1.82) is 0 Å². The van der Waals surface area contributed by atoms with Crippen molar-refractivity contribution in [3.05, 3.63) is 34.4 Å². The molecule has 2 heterocycles. The molecule has 2 saturated heterocycles. The summed E-state index contributed by atoms with van der Waals surface area (Å²) in [6, 6.07) is 6.90. The molecule has 0 radical (unpaired) electrons. The zero-order chi connectivity index (χ0) is 21.7. The summed E-state index contributed by atoms with van der Waals surface area (Å²) in [6.45, 7) is 4.48. The summed E-state index contributed by atoms with van der Waals surface area (Å²) < 4.78 is 0. The Morgan fingerprint density at radius 1 is 1.00 bits per heavy atom. The van der Waals surface area contributed by atoms with E-state index < -0.39 is 0 Å². The molecule has 1 aromatic carbocycles. The lowest BCUT2D eigenvalue weighted by Gasteiger charge is -2.48. The lowest BCUT2D eigenvalue weighted by Crippen LogP contribution is -2.58. The monoisotopic (exact) mass is 428 g/mol. The van der Waals surface area contributed by atoms with Crippen LogP contribution in [0.4, 0.5) is 11.4 Å². The molecule has 0 aromatic heterocycles. The molecule has 2 aliphatic heterocycles. The van der Waals surface area contributed by atoms with Crippen LogP contribution in [0.3, 0.4) is 0 Å². The van der Waals surface area contributed by atoms with Crippen LogP contribution in [0, 0.1) is 16.0 Å². The second kappa shape index (κ2) is 9.98. The quantitative estimate of drug-likeness (QED) is 0.545. The summed E-state index contributed by atoms with van der Waals surface area (Å²) >= 11 is 0. The molecule has 1 N–H and O–H groups in total. The molecule has 7 heteroatoms. The minimum atomic E-state index is -0.321.